The lowest BCUT2D eigenvalue weighted by Crippen LogP contribution is -1.88. The highest BCUT2D eigenvalue weighted by atomic mass is 32.1. The third kappa shape index (κ3) is 1.89. The Kier molecular flexibility index (Phi) is 2.69. The molecule has 0 unspecified atom stereocenters. The molecule has 0 bridgehead atoms. The van der Waals surface area contributed by atoms with Crippen molar-refractivity contribution in [3.05, 3.63) is 64.8 Å². The number of fused-ring (bicyclic) bond motifs is 3. The van der Waals surface area contributed by atoms with Gasteiger partial charge in [-0.3, -0.25) is 0 Å². The van der Waals surface area contributed by atoms with E-state index < -0.39 is 0 Å². The number of rotatable bonds is 1. The molecule has 0 atom stereocenters. The van der Waals surface area contributed by atoms with E-state index in [1.807, 2.05) is 36.4 Å². The molecule has 1 N–H and O–H groups in total. The number of hydrogen-bond donors (Lipinski definition) is 1. The van der Waals surface area contributed by atoms with Crippen LogP contribution in [0.15, 0.2) is 59.0 Å². The zero-order chi connectivity index (χ0) is 14.4. The largest absolute Gasteiger partial charge is 0.456 e. The van der Waals surface area contributed by atoms with Crippen molar-refractivity contribution in [2.24, 2.45) is 0 Å². The second-order valence-electron chi connectivity index (χ2n) is 5.16. The van der Waals surface area contributed by atoms with Crippen LogP contribution in [0.1, 0.15) is 5.56 Å². The predicted octanol–water partition coefficient (Wildman–Crippen LogP) is 5.62. The summed E-state index contributed by atoms with van der Waals surface area (Å²) in [5.74, 6) is 0. The fraction of sp³-hybridized carbons (Fsp3) is 0.0556. The van der Waals surface area contributed by atoms with E-state index >= 15 is 0 Å². The molecule has 0 radical (unpaired) electrons. The highest BCUT2D eigenvalue weighted by Gasteiger charge is 2.14. The number of nitrogens with one attached hydrogen (secondary N) is 1. The summed E-state index contributed by atoms with van der Waals surface area (Å²) in [4.78, 5) is 3.34. The number of pyridine rings is 1. The molecule has 0 aliphatic heterocycles. The van der Waals surface area contributed by atoms with Crippen molar-refractivity contribution in [3.8, 4) is 11.3 Å². The monoisotopic (exact) mass is 291 g/mol. The smallest absolute Gasteiger partial charge is 0.140 e. The molecule has 102 valence electrons. The van der Waals surface area contributed by atoms with Crippen molar-refractivity contribution in [1.29, 1.82) is 0 Å². The predicted molar refractivity (Wildman–Crippen MR) is 89.1 cm³/mol. The summed E-state index contributed by atoms with van der Waals surface area (Å²) in [5.41, 5.74) is 5.11. The maximum Gasteiger partial charge on any atom is 0.140 e. The van der Waals surface area contributed by atoms with Gasteiger partial charge < -0.3 is 9.40 Å². The minimum absolute atomic E-state index is 0.680. The van der Waals surface area contributed by atoms with Gasteiger partial charge in [0.25, 0.3) is 0 Å². The number of hydrogen-bond acceptors (Lipinski definition) is 2. The zero-order valence-electron chi connectivity index (χ0n) is 11.5. The average molecular weight is 291 g/mol. The summed E-state index contributed by atoms with van der Waals surface area (Å²) in [6.45, 7) is 2.10. The Hall–Kier alpha value is -2.39. The Morgan fingerprint density at radius 2 is 1.71 bits per heavy atom. The topological polar surface area (TPSA) is 28.9 Å². The van der Waals surface area contributed by atoms with Crippen LogP contribution in [0.5, 0.6) is 0 Å². The lowest BCUT2D eigenvalue weighted by atomic mass is 10.0. The summed E-state index contributed by atoms with van der Waals surface area (Å²) in [5, 5.41) is 2.20. The van der Waals surface area contributed by atoms with Crippen LogP contribution in [-0.2, 0) is 0 Å². The molecule has 3 heteroatoms. The molecule has 0 aliphatic carbocycles. The van der Waals surface area contributed by atoms with Crippen molar-refractivity contribution in [1.82, 2.24) is 4.98 Å². The zero-order valence-corrected chi connectivity index (χ0v) is 12.3. The molecule has 21 heavy (non-hydrogen) atoms. The summed E-state index contributed by atoms with van der Waals surface area (Å²) >= 11 is 5.36. The first-order valence-electron chi connectivity index (χ1n) is 6.84. The molecule has 4 aromatic rings. The van der Waals surface area contributed by atoms with Crippen molar-refractivity contribution >= 4 is 34.2 Å². The molecule has 0 saturated heterocycles. The van der Waals surface area contributed by atoms with Crippen LogP contribution >= 0.6 is 12.2 Å². The number of para-hydroxylation sites is 1. The lowest BCUT2D eigenvalue weighted by Gasteiger charge is -2.07. The first-order chi connectivity index (χ1) is 10.2. The third-order valence-electron chi connectivity index (χ3n) is 3.80. The van der Waals surface area contributed by atoms with Crippen LogP contribution in [0, 0.1) is 11.6 Å². The van der Waals surface area contributed by atoms with Gasteiger partial charge in [-0.25, -0.2) is 0 Å². The van der Waals surface area contributed by atoms with E-state index in [0.717, 1.165) is 33.2 Å². The van der Waals surface area contributed by atoms with Gasteiger partial charge in [0.15, 0.2) is 0 Å². The number of benzene rings is 2. The molecule has 0 aliphatic rings. The van der Waals surface area contributed by atoms with Crippen LogP contribution < -0.4 is 0 Å². The van der Waals surface area contributed by atoms with Crippen molar-refractivity contribution < 1.29 is 4.42 Å². The maximum atomic E-state index is 5.95. The standard InChI is InChI=1S/C18H13NOS/c1-11-6-2-3-7-12(11)18-17-13-8-4-5-9-14(13)20-15(17)10-16(21)19-18/h2-10H,1H3,(H,19,21). The van der Waals surface area contributed by atoms with E-state index in [0.29, 0.717) is 4.64 Å². The van der Waals surface area contributed by atoms with Gasteiger partial charge in [-0.2, -0.15) is 0 Å². The molecule has 0 amide bonds. The molecule has 4 rings (SSSR count). The Morgan fingerprint density at radius 3 is 2.57 bits per heavy atom. The Labute approximate surface area is 127 Å². The highest BCUT2D eigenvalue weighted by molar-refractivity contribution is 7.71. The Morgan fingerprint density at radius 1 is 0.952 bits per heavy atom. The van der Waals surface area contributed by atoms with Gasteiger partial charge in [0, 0.05) is 17.0 Å². The van der Waals surface area contributed by atoms with Gasteiger partial charge in [-0.05, 0) is 18.6 Å². The maximum absolute atomic E-state index is 5.95. The van der Waals surface area contributed by atoms with Gasteiger partial charge in [0.1, 0.15) is 15.8 Å². The molecule has 0 spiro atoms. The summed E-state index contributed by atoms with van der Waals surface area (Å²) in [6, 6.07) is 18.3. The van der Waals surface area contributed by atoms with Gasteiger partial charge in [0.05, 0.1) is 11.1 Å². The molecule has 2 aromatic carbocycles. The Balaban J connectivity index is 2.23. The third-order valence-corrected chi connectivity index (χ3v) is 4.02. The first kappa shape index (κ1) is 12.4. The van der Waals surface area contributed by atoms with E-state index in [1.165, 1.54) is 5.56 Å². The number of aryl methyl sites for hydroxylation is 1. The lowest BCUT2D eigenvalue weighted by molar-refractivity contribution is 0.668. The molecule has 0 saturated carbocycles. The van der Waals surface area contributed by atoms with Crippen molar-refractivity contribution in [2.75, 3.05) is 0 Å². The minimum Gasteiger partial charge on any atom is -0.456 e. The van der Waals surface area contributed by atoms with Crippen molar-refractivity contribution in [2.45, 2.75) is 6.92 Å². The van der Waals surface area contributed by atoms with E-state index in [1.54, 1.807) is 0 Å². The van der Waals surface area contributed by atoms with Crippen LogP contribution in [0.3, 0.4) is 0 Å². The van der Waals surface area contributed by atoms with E-state index in [2.05, 4.69) is 30.1 Å². The van der Waals surface area contributed by atoms with Crippen LogP contribution in [0.4, 0.5) is 0 Å². The molecular weight excluding hydrogens is 278 g/mol. The van der Waals surface area contributed by atoms with Crippen LogP contribution in [0.25, 0.3) is 33.2 Å². The van der Waals surface area contributed by atoms with Crippen LogP contribution in [0.2, 0.25) is 0 Å². The minimum atomic E-state index is 0.680. The second kappa shape index (κ2) is 4.57. The van der Waals surface area contributed by atoms with Gasteiger partial charge >= 0.3 is 0 Å². The quantitative estimate of drug-likeness (QED) is 0.461. The Bertz CT molecular complexity index is 1030. The average Bonchev–Trinajstić information content (AvgIpc) is 2.85. The van der Waals surface area contributed by atoms with Crippen LogP contribution in [-0.4, -0.2) is 4.98 Å². The molecular formula is C18H13NOS. The van der Waals surface area contributed by atoms with E-state index in [9.17, 15) is 0 Å². The number of furan rings is 1. The summed E-state index contributed by atoms with van der Waals surface area (Å²) < 4.78 is 6.63. The highest BCUT2D eigenvalue weighted by Crippen LogP contribution is 2.36. The molecule has 0 fully saturated rings. The molecule has 2 heterocycles. The fourth-order valence-electron chi connectivity index (χ4n) is 2.82. The summed E-state index contributed by atoms with van der Waals surface area (Å²) in [6.07, 6.45) is 0. The van der Waals surface area contributed by atoms with E-state index in [-0.39, 0.29) is 0 Å². The summed E-state index contributed by atoms with van der Waals surface area (Å²) in [7, 11) is 0. The number of H-pyrrole nitrogens is 1. The second-order valence-corrected chi connectivity index (χ2v) is 5.60. The SMILES string of the molecule is Cc1ccccc1-c1[nH]c(=S)cc2oc3ccccc3c12. The van der Waals surface area contributed by atoms with Gasteiger partial charge in [-0.1, -0.05) is 54.7 Å². The number of aromatic nitrogens is 1. The van der Waals surface area contributed by atoms with Gasteiger partial charge in [-0.15, -0.1) is 0 Å². The molecule has 2 nitrogen and oxygen atoms in total. The van der Waals surface area contributed by atoms with Gasteiger partial charge in [0.2, 0.25) is 0 Å². The van der Waals surface area contributed by atoms with E-state index in [4.69, 9.17) is 16.6 Å². The number of aromatic amines is 1. The normalized spacial score (nSPS) is 11.3. The van der Waals surface area contributed by atoms with Crippen molar-refractivity contribution in [3.63, 3.8) is 0 Å². The fourth-order valence-corrected chi connectivity index (χ4v) is 3.03. The molecule has 2 aromatic heterocycles. The first-order valence-corrected chi connectivity index (χ1v) is 7.25.